The monoisotopic (exact) mass is 309 g/mol. The molecule has 0 amide bonds. The second kappa shape index (κ2) is 7.29. The highest BCUT2D eigenvalue weighted by atomic mass is 16.3. The first-order valence-electron chi connectivity index (χ1n) is 8.83. The highest BCUT2D eigenvalue weighted by Gasteiger charge is 2.35. The van der Waals surface area contributed by atoms with Crippen molar-refractivity contribution in [2.45, 2.75) is 57.2 Å². The Kier molecular flexibility index (Phi) is 5.14. The lowest BCUT2D eigenvalue weighted by atomic mass is 9.84. The number of nitrogens with one attached hydrogen (secondary N) is 1. The molecule has 2 heteroatoms. The minimum Gasteiger partial charge on any atom is -0.372 e. The van der Waals surface area contributed by atoms with Gasteiger partial charge in [0.15, 0.2) is 0 Å². The molecule has 2 N–H and O–H groups in total. The predicted molar refractivity (Wildman–Crippen MR) is 95.3 cm³/mol. The smallest absolute Gasteiger partial charge is 0.142 e. The summed E-state index contributed by atoms with van der Waals surface area (Å²) in [5, 5.41) is 14.8. The zero-order valence-corrected chi connectivity index (χ0v) is 14.0. The summed E-state index contributed by atoms with van der Waals surface area (Å²) in [5.41, 5.74) is 2.85. The normalized spacial score (nSPS) is 21.7. The van der Waals surface area contributed by atoms with Gasteiger partial charge in [0, 0.05) is 11.6 Å². The first kappa shape index (κ1) is 16.2. The van der Waals surface area contributed by atoms with Crippen molar-refractivity contribution < 1.29 is 5.11 Å². The third-order valence-electron chi connectivity index (χ3n) is 5.01. The van der Waals surface area contributed by atoms with E-state index < -0.39 is 5.72 Å². The summed E-state index contributed by atoms with van der Waals surface area (Å²) in [6.45, 7) is 2.20. The second-order valence-electron chi connectivity index (χ2n) is 6.64. The molecule has 23 heavy (non-hydrogen) atoms. The summed E-state index contributed by atoms with van der Waals surface area (Å²) in [6, 6.07) is 19.2. The lowest BCUT2D eigenvalue weighted by Gasteiger charge is -2.38. The number of benzene rings is 2. The van der Waals surface area contributed by atoms with Crippen LogP contribution in [0.1, 0.15) is 49.3 Å². The van der Waals surface area contributed by atoms with Crippen LogP contribution in [0.15, 0.2) is 54.6 Å². The molecule has 0 saturated heterocycles. The van der Waals surface area contributed by atoms with Crippen LogP contribution in [-0.4, -0.2) is 11.1 Å². The van der Waals surface area contributed by atoms with E-state index in [-0.39, 0.29) is 0 Å². The summed E-state index contributed by atoms with van der Waals surface area (Å²) in [6.07, 6.45) is 6.02. The Morgan fingerprint density at radius 3 is 2.61 bits per heavy atom. The lowest BCUT2D eigenvalue weighted by molar-refractivity contribution is -0.0282. The fraction of sp³-hybridized carbons (Fsp3) is 0.429. The molecule has 1 aliphatic rings. The Morgan fingerprint density at radius 1 is 1.09 bits per heavy atom. The average molecular weight is 309 g/mol. The molecular weight excluding hydrogens is 282 g/mol. The van der Waals surface area contributed by atoms with Crippen molar-refractivity contribution in [2.75, 3.05) is 0 Å². The highest BCUT2D eigenvalue weighted by Crippen LogP contribution is 2.34. The largest absolute Gasteiger partial charge is 0.372 e. The molecule has 1 aliphatic carbocycles. The maximum atomic E-state index is 11.2. The Bertz CT molecular complexity index is 625. The van der Waals surface area contributed by atoms with E-state index in [4.69, 9.17) is 0 Å². The lowest BCUT2D eigenvalue weighted by Crippen LogP contribution is -2.49. The van der Waals surface area contributed by atoms with Gasteiger partial charge < -0.3 is 5.11 Å². The summed E-state index contributed by atoms with van der Waals surface area (Å²) < 4.78 is 0. The quantitative estimate of drug-likeness (QED) is 0.785. The molecular formula is C21H27NO. The van der Waals surface area contributed by atoms with Gasteiger partial charge >= 0.3 is 0 Å². The van der Waals surface area contributed by atoms with Gasteiger partial charge in [0.1, 0.15) is 5.72 Å². The molecule has 0 heterocycles. The van der Waals surface area contributed by atoms with Crippen molar-refractivity contribution in [1.82, 2.24) is 5.32 Å². The average Bonchev–Trinajstić information content (AvgIpc) is 2.60. The van der Waals surface area contributed by atoms with Crippen LogP contribution in [0.25, 0.3) is 0 Å². The van der Waals surface area contributed by atoms with E-state index in [1.54, 1.807) is 0 Å². The fourth-order valence-electron chi connectivity index (χ4n) is 3.66. The molecule has 2 aromatic rings. The summed E-state index contributed by atoms with van der Waals surface area (Å²) in [7, 11) is 0. The van der Waals surface area contributed by atoms with Gasteiger partial charge in [0.2, 0.25) is 0 Å². The minimum atomic E-state index is -0.869. The van der Waals surface area contributed by atoms with Gasteiger partial charge in [0.05, 0.1) is 0 Å². The summed E-state index contributed by atoms with van der Waals surface area (Å²) >= 11 is 0. The number of aryl methyl sites for hydroxylation is 2. The van der Waals surface area contributed by atoms with E-state index in [0.29, 0.717) is 6.04 Å². The second-order valence-corrected chi connectivity index (χ2v) is 6.64. The molecule has 2 nitrogen and oxygen atoms in total. The van der Waals surface area contributed by atoms with Crippen LogP contribution in [0.2, 0.25) is 0 Å². The highest BCUT2D eigenvalue weighted by molar-refractivity contribution is 5.34. The van der Waals surface area contributed by atoms with Gasteiger partial charge in [-0.3, -0.25) is 5.32 Å². The van der Waals surface area contributed by atoms with Crippen molar-refractivity contribution in [2.24, 2.45) is 0 Å². The van der Waals surface area contributed by atoms with Crippen LogP contribution in [0.3, 0.4) is 0 Å². The molecule has 122 valence electrons. The van der Waals surface area contributed by atoms with Crippen LogP contribution in [0.5, 0.6) is 0 Å². The standard InChI is InChI=1S/C21H27NO/c1-2-19(15-14-17-9-4-3-5-10-17)22-21(23)16-8-12-18-11-6-7-13-20(18)21/h3-7,9-11,13,19,22-23H,2,8,12,14-16H2,1H3. The molecule has 0 saturated carbocycles. The topological polar surface area (TPSA) is 32.3 Å². The van der Waals surface area contributed by atoms with E-state index in [1.807, 2.05) is 6.07 Å². The third kappa shape index (κ3) is 3.82. The maximum Gasteiger partial charge on any atom is 0.142 e. The Labute approximate surface area is 139 Å². The first-order chi connectivity index (χ1) is 11.2. The van der Waals surface area contributed by atoms with Gasteiger partial charge in [-0.15, -0.1) is 0 Å². The van der Waals surface area contributed by atoms with E-state index >= 15 is 0 Å². The molecule has 0 radical (unpaired) electrons. The molecule has 0 spiro atoms. The molecule has 0 bridgehead atoms. The van der Waals surface area contributed by atoms with Crippen molar-refractivity contribution in [3.05, 3.63) is 71.3 Å². The van der Waals surface area contributed by atoms with Crippen molar-refractivity contribution in [3.8, 4) is 0 Å². The number of aliphatic hydroxyl groups is 1. The van der Waals surface area contributed by atoms with Crippen LogP contribution < -0.4 is 5.32 Å². The SMILES string of the molecule is CCC(CCc1ccccc1)NC1(O)CCCc2ccccc21. The summed E-state index contributed by atoms with van der Waals surface area (Å²) in [5.74, 6) is 0. The zero-order valence-electron chi connectivity index (χ0n) is 14.0. The number of rotatable bonds is 6. The summed E-state index contributed by atoms with van der Waals surface area (Å²) in [4.78, 5) is 0. The molecule has 2 unspecified atom stereocenters. The van der Waals surface area contributed by atoms with E-state index in [1.165, 1.54) is 11.1 Å². The van der Waals surface area contributed by atoms with Gasteiger partial charge in [-0.25, -0.2) is 0 Å². The predicted octanol–water partition coefficient (Wildman–Crippen LogP) is 4.17. The maximum absolute atomic E-state index is 11.2. The van der Waals surface area contributed by atoms with Gasteiger partial charge in [-0.2, -0.15) is 0 Å². The molecule has 3 rings (SSSR count). The van der Waals surface area contributed by atoms with E-state index in [2.05, 4.69) is 60.8 Å². The number of hydrogen-bond acceptors (Lipinski definition) is 2. The van der Waals surface area contributed by atoms with Crippen molar-refractivity contribution >= 4 is 0 Å². The van der Waals surface area contributed by atoms with E-state index in [0.717, 1.165) is 44.1 Å². The van der Waals surface area contributed by atoms with Crippen LogP contribution in [0.4, 0.5) is 0 Å². The van der Waals surface area contributed by atoms with Gasteiger partial charge in [-0.1, -0.05) is 61.5 Å². The third-order valence-corrected chi connectivity index (χ3v) is 5.01. The molecule has 0 aromatic heterocycles. The number of fused-ring (bicyclic) bond motifs is 1. The molecule has 0 fully saturated rings. The van der Waals surface area contributed by atoms with E-state index in [9.17, 15) is 5.11 Å². The molecule has 2 aromatic carbocycles. The fourth-order valence-corrected chi connectivity index (χ4v) is 3.66. The van der Waals surface area contributed by atoms with Gasteiger partial charge in [0.25, 0.3) is 0 Å². The van der Waals surface area contributed by atoms with Crippen LogP contribution in [0, 0.1) is 0 Å². The minimum absolute atomic E-state index is 0.325. The Morgan fingerprint density at radius 2 is 1.83 bits per heavy atom. The first-order valence-corrected chi connectivity index (χ1v) is 8.83. The van der Waals surface area contributed by atoms with Crippen molar-refractivity contribution in [3.63, 3.8) is 0 Å². The molecule has 2 atom stereocenters. The Hall–Kier alpha value is -1.64. The Balaban J connectivity index is 1.69. The van der Waals surface area contributed by atoms with Crippen molar-refractivity contribution in [1.29, 1.82) is 0 Å². The molecule has 0 aliphatic heterocycles. The van der Waals surface area contributed by atoms with Gasteiger partial charge in [-0.05, 0) is 49.7 Å². The van der Waals surface area contributed by atoms with Crippen LogP contribution >= 0.6 is 0 Å². The number of hydrogen-bond donors (Lipinski definition) is 2. The zero-order chi connectivity index (χ0) is 16.1. The van der Waals surface area contributed by atoms with Crippen LogP contribution in [-0.2, 0) is 18.6 Å².